The Hall–Kier alpha value is -0.0800. The molecular weight excluding hydrogens is 368 g/mol. The van der Waals surface area contributed by atoms with Crippen molar-refractivity contribution < 1.29 is 9.47 Å². The van der Waals surface area contributed by atoms with Crippen molar-refractivity contribution in [3.63, 3.8) is 0 Å². The zero-order valence-corrected chi connectivity index (χ0v) is 21.7. The van der Waals surface area contributed by atoms with Gasteiger partial charge in [-0.25, -0.2) is 0 Å². The van der Waals surface area contributed by atoms with Crippen LogP contribution in [0.15, 0.2) is 0 Å². The van der Waals surface area contributed by atoms with Gasteiger partial charge in [0.05, 0.1) is 0 Å². The van der Waals surface area contributed by atoms with Crippen molar-refractivity contribution in [2.75, 3.05) is 14.2 Å². The molecule has 0 N–H and O–H groups in total. The summed E-state index contributed by atoms with van der Waals surface area (Å²) < 4.78 is 12.3. The Bertz CT molecular complexity index is 325. The van der Waals surface area contributed by atoms with Gasteiger partial charge in [-0.2, -0.15) is 0 Å². The number of methoxy groups -OCH3 is 2. The molecule has 1 unspecified atom stereocenters. The normalized spacial score (nSPS) is 13.1. The Morgan fingerprint density at radius 3 is 1.20 bits per heavy atom. The zero-order valence-electron chi connectivity index (χ0n) is 21.7. The fourth-order valence-electron chi connectivity index (χ4n) is 4.90. The third-order valence-corrected chi connectivity index (χ3v) is 7.00. The molecule has 0 spiro atoms. The second kappa shape index (κ2) is 22.1. The van der Waals surface area contributed by atoms with Crippen LogP contribution in [0.1, 0.15) is 156 Å². The summed E-state index contributed by atoms with van der Waals surface area (Å²) in [6, 6.07) is 0. The molecule has 30 heavy (non-hydrogen) atoms. The van der Waals surface area contributed by atoms with Crippen LogP contribution in [0, 0.1) is 5.92 Å². The molecule has 182 valence electrons. The van der Waals surface area contributed by atoms with Gasteiger partial charge in [-0.15, -0.1) is 0 Å². The van der Waals surface area contributed by atoms with Crippen LogP contribution in [0.25, 0.3) is 0 Å². The minimum Gasteiger partial charge on any atom is -0.353 e. The lowest BCUT2D eigenvalue weighted by molar-refractivity contribution is -0.247. The van der Waals surface area contributed by atoms with Gasteiger partial charge in [-0.05, 0) is 19.3 Å². The van der Waals surface area contributed by atoms with Crippen LogP contribution in [0.5, 0.6) is 0 Å². The van der Waals surface area contributed by atoms with Gasteiger partial charge in [0.15, 0.2) is 5.79 Å². The second-order valence-electron chi connectivity index (χ2n) is 9.55. The Kier molecular flexibility index (Phi) is 22.1. The van der Waals surface area contributed by atoms with E-state index in [0.29, 0.717) is 5.92 Å². The molecule has 2 nitrogen and oxygen atoms in total. The lowest BCUT2D eigenvalue weighted by atomic mass is 9.84. The van der Waals surface area contributed by atoms with E-state index in [1.54, 1.807) is 0 Å². The minimum absolute atomic E-state index is 0.363. The van der Waals surface area contributed by atoms with Gasteiger partial charge in [0.25, 0.3) is 0 Å². The lowest BCUT2D eigenvalue weighted by Gasteiger charge is -2.39. The van der Waals surface area contributed by atoms with Crippen LogP contribution in [-0.2, 0) is 9.47 Å². The van der Waals surface area contributed by atoms with E-state index in [9.17, 15) is 0 Å². The van der Waals surface area contributed by atoms with E-state index in [1.807, 2.05) is 14.2 Å². The van der Waals surface area contributed by atoms with Crippen LogP contribution in [0.2, 0.25) is 0 Å². The molecule has 0 fully saturated rings. The average molecular weight is 427 g/mol. The summed E-state index contributed by atoms with van der Waals surface area (Å²) in [6.45, 7) is 6.88. The SMILES string of the molecule is CCCCCCCCCCC(OC)(OC)C(CCCCCC)CCCCCCCC. The van der Waals surface area contributed by atoms with Crippen LogP contribution < -0.4 is 0 Å². The van der Waals surface area contributed by atoms with Gasteiger partial charge in [0.1, 0.15) is 0 Å². The molecule has 0 aromatic carbocycles. The van der Waals surface area contributed by atoms with Crippen molar-refractivity contribution in [2.45, 2.75) is 161 Å². The molecule has 0 amide bonds. The third-order valence-electron chi connectivity index (χ3n) is 7.00. The maximum Gasteiger partial charge on any atom is 0.170 e. The standard InChI is InChI=1S/C28H58O2/c1-6-9-12-15-17-18-20-23-26-28(29-4,30-5)27(24-21-14-11-8-3)25-22-19-16-13-10-7-2/h27H,6-26H2,1-5H3. The molecule has 0 saturated heterocycles. The van der Waals surface area contributed by atoms with Crippen molar-refractivity contribution >= 4 is 0 Å². The van der Waals surface area contributed by atoms with Gasteiger partial charge in [-0.3, -0.25) is 0 Å². The monoisotopic (exact) mass is 426 g/mol. The Balaban J connectivity index is 4.54. The van der Waals surface area contributed by atoms with Crippen molar-refractivity contribution in [1.29, 1.82) is 0 Å². The number of ether oxygens (including phenoxy) is 2. The molecule has 2 heteroatoms. The van der Waals surface area contributed by atoms with Gasteiger partial charge < -0.3 is 9.47 Å². The van der Waals surface area contributed by atoms with E-state index in [1.165, 1.54) is 128 Å². The zero-order chi connectivity index (χ0) is 22.3. The summed E-state index contributed by atoms with van der Waals surface area (Å²) in [7, 11) is 3.77. The van der Waals surface area contributed by atoms with E-state index in [2.05, 4.69) is 20.8 Å². The van der Waals surface area contributed by atoms with Crippen LogP contribution >= 0.6 is 0 Å². The molecule has 0 radical (unpaired) electrons. The highest BCUT2D eigenvalue weighted by molar-refractivity contribution is 4.80. The van der Waals surface area contributed by atoms with E-state index in [4.69, 9.17) is 9.47 Å². The smallest absolute Gasteiger partial charge is 0.170 e. The number of unbranched alkanes of at least 4 members (excludes halogenated alkanes) is 15. The largest absolute Gasteiger partial charge is 0.353 e. The highest BCUT2D eigenvalue weighted by Crippen LogP contribution is 2.36. The fourth-order valence-corrected chi connectivity index (χ4v) is 4.90. The molecule has 0 aliphatic heterocycles. The number of hydrogen-bond donors (Lipinski definition) is 0. The summed E-state index contributed by atoms with van der Waals surface area (Å²) in [5, 5.41) is 0. The Morgan fingerprint density at radius 2 is 0.800 bits per heavy atom. The van der Waals surface area contributed by atoms with Crippen molar-refractivity contribution in [3.8, 4) is 0 Å². The van der Waals surface area contributed by atoms with E-state index >= 15 is 0 Å². The maximum absolute atomic E-state index is 6.14. The maximum atomic E-state index is 6.14. The molecule has 0 aromatic rings. The fraction of sp³-hybridized carbons (Fsp3) is 1.00. The molecule has 0 saturated carbocycles. The van der Waals surface area contributed by atoms with Crippen LogP contribution in [0.4, 0.5) is 0 Å². The van der Waals surface area contributed by atoms with Crippen LogP contribution in [-0.4, -0.2) is 20.0 Å². The van der Waals surface area contributed by atoms with Gasteiger partial charge in [-0.1, -0.05) is 130 Å². The van der Waals surface area contributed by atoms with Crippen LogP contribution in [0.3, 0.4) is 0 Å². The molecular formula is C28H58O2. The lowest BCUT2D eigenvalue weighted by Crippen LogP contribution is -2.42. The average Bonchev–Trinajstić information content (AvgIpc) is 2.77. The molecule has 0 aromatic heterocycles. The molecule has 0 aliphatic rings. The topological polar surface area (TPSA) is 18.5 Å². The number of hydrogen-bond acceptors (Lipinski definition) is 2. The first-order valence-electron chi connectivity index (χ1n) is 13.8. The summed E-state index contributed by atoms with van der Waals surface area (Å²) >= 11 is 0. The first-order valence-corrected chi connectivity index (χ1v) is 13.8. The molecule has 1 atom stereocenters. The van der Waals surface area contributed by atoms with Gasteiger partial charge >= 0.3 is 0 Å². The van der Waals surface area contributed by atoms with E-state index in [-0.39, 0.29) is 5.79 Å². The molecule has 0 heterocycles. The van der Waals surface area contributed by atoms with Crippen molar-refractivity contribution in [1.82, 2.24) is 0 Å². The molecule has 0 aliphatic carbocycles. The summed E-state index contributed by atoms with van der Waals surface area (Å²) in [5.74, 6) is 0.178. The Morgan fingerprint density at radius 1 is 0.467 bits per heavy atom. The quantitative estimate of drug-likeness (QED) is 0.113. The first-order chi connectivity index (χ1) is 14.7. The summed E-state index contributed by atoms with van der Waals surface area (Å²) in [4.78, 5) is 0. The van der Waals surface area contributed by atoms with Gasteiger partial charge in [0.2, 0.25) is 0 Å². The first kappa shape index (κ1) is 29.9. The highest BCUT2D eigenvalue weighted by atomic mass is 16.7. The van der Waals surface area contributed by atoms with E-state index in [0.717, 1.165) is 6.42 Å². The third kappa shape index (κ3) is 14.8. The molecule has 0 bridgehead atoms. The highest BCUT2D eigenvalue weighted by Gasteiger charge is 2.37. The summed E-state index contributed by atoms with van der Waals surface area (Å²) in [5.41, 5.74) is 0. The summed E-state index contributed by atoms with van der Waals surface area (Å²) in [6.07, 6.45) is 28.0. The minimum atomic E-state index is -0.363. The van der Waals surface area contributed by atoms with Crippen molar-refractivity contribution in [2.24, 2.45) is 5.92 Å². The predicted molar refractivity (Wildman–Crippen MR) is 134 cm³/mol. The number of rotatable bonds is 24. The van der Waals surface area contributed by atoms with E-state index < -0.39 is 0 Å². The van der Waals surface area contributed by atoms with Crippen molar-refractivity contribution in [3.05, 3.63) is 0 Å². The van der Waals surface area contributed by atoms with Gasteiger partial charge in [0, 0.05) is 26.6 Å². The molecule has 0 rings (SSSR count). The second-order valence-corrected chi connectivity index (χ2v) is 9.55. The predicted octanol–water partition coefficient (Wildman–Crippen LogP) is 9.84. The Labute approximate surface area is 191 Å².